The number of ether oxygens (including phenoxy) is 2. The van der Waals surface area contributed by atoms with Crippen LogP contribution in [0, 0.1) is 0 Å². The van der Waals surface area contributed by atoms with Gasteiger partial charge in [0.2, 0.25) is 5.91 Å². The molecule has 0 N–H and O–H groups in total. The zero-order valence-corrected chi connectivity index (χ0v) is 18.9. The summed E-state index contributed by atoms with van der Waals surface area (Å²) in [5.41, 5.74) is 0. The Kier molecular flexibility index (Phi) is 7.60. The van der Waals surface area contributed by atoms with E-state index in [2.05, 4.69) is 9.80 Å². The number of methoxy groups -OCH3 is 1. The molecular weight excluding hydrogens is 406 g/mol. The number of benzene rings is 1. The van der Waals surface area contributed by atoms with Crippen molar-refractivity contribution in [2.75, 3.05) is 65.0 Å². The monoisotopic (exact) mass is 439 g/mol. The van der Waals surface area contributed by atoms with E-state index < -0.39 is 9.84 Å². The maximum absolute atomic E-state index is 12.8. The Hall–Kier alpha value is -1.84. The molecule has 2 saturated heterocycles. The van der Waals surface area contributed by atoms with Crippen LogP contribution < -0.4 is 9.47 Å². The smallest absolute Gasteiger partial charge is 0.239 e. The summed E-state index contributed by atoms with van der Waals surface area (Å²) >= 11 is 0. The van der Waals surface area contributed by atoms with E-state index in [1.807, 2.05) is 31.2 Å². The largest absolute Gasteiger partial charge is 0.497 e. The van der Waals surface area contributed by atoms with E-state index in [9.17, 15) is 13.2 Å². The minimum Gasteiger partial charge on any atom is -0.497 e. The number of carbonyl (C=O) groups excluding carboxylic acids is 1. The molecule has 2 fully saturated rings. The molecule has 168 valence electrons. The van der Waals surface area contributed by atoms with Crippen molar-refractivity contribution in [2.24, 2.45) is 0 Å². The van der Waals surface area contributed by atoms with Crippen molar-refractivity contribution in [3.05, 3.63) is 24.3 Å². The van der Waals surface area contributed by atoms with Crippen molar-refractivity contribution in [1.82, 2.24) is 14.7 Å². The first-order valence-corrected chi connectivity index (χ1v) is 12.3. The maximum Gasteiger partial charge on any atom is 0.239 e. The number of sulfone groups is 1. The fourth-order valence-corrected chi connectivity index (χ4v) is 5.82. The number of carbonyl (C=O) groups is 1. The average Bonchev–Trinajstić information content (AvgIpc) is 3.13. The average molecular weight is 440 g/mol. The topological polar surface area (TPSA) is 79.4 Å². The van der Waals surface area contributed by atoms with Gasteiger partial charge in [0.25, 0.3) is 0 Å². The number of likely N-dealkylation sites (N-methyl/N-ethyl adjacent to an activating group) is 1. The molecule has 0 aromatic heterocycles. The Bertz CT molecular complexity index is 806. The predicted octanol–water partition coefficient (Wildman–Crippen LogP) is 0.726. The number of amides is 1. The summed E-state index contributed by atoms with van der Waals surface area (Å²) in [5, 5.41) is 0. The lowest BCUT2D eigenvalue weighted by Gasteiger charge is -2.39. The van der Waals surface area contributed by atoms with Gasteiger partial charge in [0.05, 0.1) is 24.7 Å². The van der Waals surface area contributed by atoms with Gasteiger partial charge in [0.15, 0.2) is 9.84 Å². The lowest BCUT2D eigenvalue weighted by Crippen LogP contribution is -2.55. The minimum atomic E-state index is -3.00. The second-order valence-electron chi connectivity index (χ2n) is 8.08. The standard InChI is InChI=1S/C21H33N3O5S/c1-17(21(25)22(2)18-8-15-30(26,27)16-18)24-11-9-23(10-12-24)13-14-29-20-6-4-19(28-3)5-7-20/h4-7,17-18H,8-16H2,1-3H3/t17-,18-/m1/s1. The first-order valence-electron chi connectivity index (χ1n) is 10.5. The lowest BCUT2D eigenvalue weighted by molar-refractivity contribution is -0.137. The highest BCUT2D eigenvalue weighted by molar-refractivity contribution is 7.91. The van der Waals surface area contributed by atoms with E-state index in [1.165, 1.54) is 0 Å². The molecule has 9 heteroatoms. The van der Waals surface area contributed by atoms with Gasteiger partial charge in [0, 0.05) is 45.8 Å². The molecule has 3 rings (SSSR count). The molecule has 2 aliphatic rings. The van der Waals surface area contributed by atoms with E-state index in [4.69, 9.17) is 9.47 Å². The molecule has 2 aliphatic heterocycles. The van der Waals surface area contributed by atoms with Gasteiger partial charge < -0.3 is 14.4 Å². The van der Waals surface area contributed by atoms with Gasteiger partial charge in [-0.05, 0) is 37.6 Å². The van der Waals surface area contributed by atoms with Crippen LogP contribution in [0.15, 0.2) is 24.3 Å². The summed E-state index contributed by atoms with van der Waals surface area (Å²) in [5.74, 6) is 1.91. The number of hydrogen-bond donors (Lipinski definition) is 0. The first kappa shape index (κ1) is 22.8. The summed E-state index contributed by atoms with van der Waals surface area (Å²) in [6.45, 7) is 6.75. The third kappa shape index (κ3) is 5.86. The quantitative estimate of drug-likeness (QED) is 0.591. The van der Waals surface area contributed by atoms with Crippen molar-refractivity contribution < 1.29 is 22.7 Å². The maximum atomic E-state index is 12.8. The first-order chi connectivity index (χ1) is 14.3. The van der Waals surface area contributed by atoms with Crippen LogP contribution in [-0.4, -0.2) is 106 Å². The van der Waals surface area contributed by atoms with Crippen LogP contribution in [0.3, 0.4) is 0 Å². The van der Waals surface area contributed by atoms with Crippen LogP contribution in [-0.2, 0) is 14.6 Å². The van der Waals surface area contributed by atoms with Crippen LogP contribution in [0.1, 0.15) is 13.3 Å². The molecule has 1 amide bonds. The Balaban J connectivity index is 1.39. The molecule has 1 aromatic rings. The summed E-state index contributed by atoms with van der Waals surface area (Å²) in [7, 11) is 0.377. The number of nitrogens with zero attached hydrogens (tertiary/aromatic N) is 3. The van der Waals surface area contributed by atoms with Gasteiger partial charge >= 0.3 is 0 Å². The van der Waals surface area contributed by atoms with Gasteiger partial charge in [-0.1, -0.05) is 0 Å². The van der Waals surface area contributed by atoms with E-state index in [1.54, 1.807) is 19.1 Å². The van der Waals surface area contributed by atoms with Crippen molar-refractivity contribution in [3.63, 3.8) is 0 Å². The Morgan fingerprint density at radius 2 is 1.80 bits per heavy atom. The van der Waals surface area contributed by atoms with Crippen molar-refractivity contribution in [3.8, 4) is 11.5 Å². The third-order valence-electron chi connectivity index (χ3n) is 6.15. The van der Waals surface area contributed by atoms with Gasteiger partial charge in [-0.2, -0.15) is 0 Å². The van der Waals surface area contributed by atoms with Crippen LogP contribution in [0.25, 0.3) is 0 Å². The minimum absolute atomic E-state index is 0.00777. The summed E-state index contributed by atoms with van der Waals surface area (Å²) < 4.78 is 34.4. The van der Waals surface area contributed by atoms with Gasteiger partial charge in [-0.3, -0.25) is 14.6 Å². The molecule has 0 unspecified atom stereocenters. The van der Waals surface area contributed by atoms with Crippen molar-refractivity contribution in [2.45, 2.75) is 25.4 Å². The zero-order valence-electron chi connectivity index (χ0n) is 18.1. The molecule has 0 radical (unpaired) electrons. The van der Waals surface area contributed by atoms with Gasteiger partial charge in [0.1, 0.15) is 18.1 Å². The number of hydrogen-bond acceptors (Lipinski definition) is 7. The Morgan fingerprint density at radius 3 is 2.37 bits per heavy atom. The van der Waals surface area contributed by atoms with Crippen LogP contribution >= 0.6 is 0 Å². The molecule has 0 bridgehead atoms. The van der Waals surface area contributed by atoms with Crippen molar-refractivity contribution in [1.29, 1.82) is 0 Å². The van der Waals surface area contributed by atoms with E-state index in [0.29, 0.717) is 13.0 Å². The number of rotatable bonds is 8. The molecule has 8 nitrogen and oxygen atoms in total. The molecular formula is C21H33N3O5S. The second kappa shape index (κ2) is 9.98. The molecule has 2 heterocycles. The molecule has 1 aromatic carbocycles. The fourth-order valence-electron chi connectivity index (χ4n) is 4.05. The number of piperazine rings is 1. The molecule has 2 atom stereocenters. The van der Waals surface area contributed by atoms with E-state index in [0.717, 1.165) is 44.2 Å². The summed E-state index contributed by atoms with van der Waals surface area (Å²) in [6, 6.07) is 7.12. The summed E-state index contributed by atoms with van der Waals surface area (Å²) in [4.78, 5) is 19.0. The van der Waals surface area contributed by atoms with Crippen molar-refractivity contribution >= 4 is 15.7 Å². The summed E-state index contributed by atoms with van der Waals surface area (Å²) in [6.07, 6.45) is 0.541. The fraction of sp³-hybridized carbons (Fsp3) is 0.667. The predicted molar refractivity (Wildman–Crippen MR) is 116 cm³/mol. The van der Waals surface area contributed by atoms with Gasteiger partial charge in [-0.15, -0.1) is 0 Å². The normalized spacial score (nSPS) is 23.1. The molecule has 30 heavy (non-hydrogen) atoms. The molecule has 0 spiro atoms. The second-order valence-corrected chi connectivity index (χ2v) is 10.3. The third-order valence-corrected chi connectivity index (χ3v) is 7.90. The zero-order chi connectivity index (χ0) is 21.7. The molecule has 0 saturated carbocycles. The van der Waals surface area contributed by atoms with E-state index >= 15 is 0 Å². The van der Waals surface area contributed by atoms with Crippen LogP contribution in [0.4, 0.5) is 0 Å². The van der Waals surface area contributed by atoms with Crippen LogP contribution in [0.2, 0.25) is 0 Å². The highest BCUT2D eigenvalue weighted by Gasteiger charge is 2.35. The van der Waals surface area contributed by atoms with Gasteiger partial charge in [-0.25, -0.2) is 8.42 Å². The Morgan fingerprint density at radius 1 is 1.17 bits per heavy atom. The van der Waals surface area contributed by atoms with Crippen LogP contribution in [0.5, 0.6) is 11.5 Å². The highest BCUT2D eigenvalue weighted by atomic mass is 32.2. The van der Waals surface area contributed by atoms with E-state index in [-0.39, 0.29) is 29.5 Å². The highest BCUT2D eigenvalue weighted by Crippen LogP contribution is 2.19. The Labute approximate surface area is 179 Å². The molecule has 0 aliphatic carbocycles. The lowest BCUT2D eigenvalue weighted by atomic mass is 10.1. The SMILES string of the molecule is COc1ccc(OCCN2CCN([C@H](C)C(=O)N(C)[C@@H]3CCS(=O)(=O)C3)CC2)cc1.